The third-order valence-electron chi connectivity index (χ3n) is 4.42. The third-order valence-corrected chi connectivity index (χ3v) is 4.42. The van der Waals surface area contributed by atoms with Crippen LogP contribution < -0.4 is 10.6 Å². The number of non-ortho nitro benzene ring substituents is 1. The van der Waals surface area contributed by atoms with Crippen LogP contribution in [0.3, 0.4) is 0 Å². The molecule has 0 atom stereocenters. The predicted molar refractivity (Wildman–Crippen MR) is 113 cm³/mol. The molecule has 0 bridgehead atoms. The first-order valence-corrected chi connectivity index (χ1v) is 9.01. The maximum Gasteiger partial charge on any atom is 0.271 e. The molecule has 0 fully saturated rings. The van der Waals surface area contributed by atoms with Gasteiger partial charge in [-0.15, -0.1) is 6.42 Å². The Morgan fingerprint density at radius 2 is 1.97 bits per heavy atom. The van der Waals surface area contributed by atoms with Gasteiger partial charge in [0.2, 0.25) is 0 Å². The van der Waals surface area contributed by atoms with E-state index in [1.807, 2.05) is 0 Å². The van der Waals surface area contributed by atoms with E-state index in [9.17, 15) is 15.2 Å². The van der Waals surface area contributed by atoms with E-state index in [2.05, 4.69) is 38.0 Å². The van der Waals surface area contributed by atoms with Gasteiger partial charge in [-0.05, 0) is 36.4 Å². The Morgan fingerprint density at radius 1 is 1.17 bits per heavy atom. The molecule has 0 aliphatic heterocycles. The van der Waals surface area contributed by atoms with Crippen LogP contribution in [0.25, 0.3) is 11.0 Å². The summed E-state index contributed by atoms with van der Waals surface area (Å²) in [4.78, 5) is 19.7. The van der Waals surface area contributed by atoms with Crippen molar-refractivity contribution in [2.75, 3.05) is 10.6 Å². The van der Waals surface area contributed by atoms with Gasteiger partial charge in [-0.1, -0.05) is 11.7 Å². The minimum absolute atomic E-state index is 0.0757. The second kappa shape index (κ2) is 7.82. The summed E-state index contributed by atoms with van der Waals surface area (Å²) >= 11 is 0. The lowest BCUT2D eigenvalue weighted by Crippen LogP contribution is -2.10. The number of nitro benzene ring substituents is 1. The van der Waals surface area contributed by atoms with Crippen LogP contribution in [0.4, 0.5) is 17.3 Å². The van der Waals surface area contributed by atoms with Crippen LogP contribution in [0.5, 0.6) is 0 Å². The van der Waals surface area contributed by atoms with Gasteiger partial charge in [0.15, 0.2) is 11.6 Å². The highest BCUT2D eigenvalue weighted by molar-refractivity contribution is 5.83. The van der Waals surface area contributed by atoms with Crippen molar-refractivity contribution in [2.45, 2.75) is 12.8 Å². The average Bonchev–Trinajstić information content (AvgIpc) is 2.75. The van der Waals surface area contributed by atoms with Crippen molar-refractivity contribution in [1.82, 2.24) is 9.97 Å². The normalized spacial score (nSPS) is 14.9. The zero-order chi connectivity index (χ0) is 21.1. The lowest BCUT2D eigenvalue weighted by molar-refractivity contribution is -0.384. The van der Waals surface area contributed by atoms with Gasteiger partial charge in [-0.25, -0.2) is 9.97 Å². The molecule has 0 unspecified atom stereocenters. The lowest BCUT2D eigenvalue weighted by Gasteiger charge is -2.17. The van der Waals surface area contributed by atoms with Crippen molar-refractivity contribution >= 4 is 28.4 Å². The highest BCUT2D eigenvalue weighted by atomic mass is 16.6. The van der Waals surface area contributed by atoms with Crippen molar-refractivity contribution in [2.24, 2.45) is 0 Å². The highest BCUT2D eigenvalue weighted by Gasteiger charge is 2.15. The second-order valence-corrected chi connectivity index (χ2v) is 6.52. The van der Waals surface area contributed by atoms with Crippen molar-refractivity contribution < 1.29 is 10.0 Å². The zero-order valence-electron chi connectivity index (χ0n) is 15.6. The van der Waals surface area contributed by atoms with E-state index in [1.165, 1.54) is 12.1 Å². The maximum atomic E-state index is 11.1. The molecule has 2 aliphatic carbocycles. The number of nitro groups is 1. The molecular formula is C22H15N5O3. The molecule has 30 heavy (non-hydrogen) atoms. The number of terminal acetylenes is 1. The van der Waals surface area contributed by atoms with Gasteiger partial charge in [-0.3, -0.25) is 10.1 Å². The molecule has 0 spiro atoms. The molecule has 0 saturated carbocycles. The van der Waals surface area contributed by atoms with Crippen molar-refractivity contribution in [3.63, 3.8) is 0 Å². The fraction of sp³-hybridized carbons (Fsp3) is 0.0909. The largest absolute Gasteiger partial charge is 0.512 e. The number of hydrogen-bond donors (Lipinski definition) is 3. The SMILES string of the molecule is C#CC1=CC(Nc2nc3cc([N+](=O)[O-])ccc3nc2NC2=CC=C(O)CC2)=C=C=C1. The number of anilines is 2. The number of nitrogens with zero attached hydrogens (tertiary/aromatic N) is 3. The summed E-state index contributed by atoms with van der Waals surface area (Å²) in [7, 11) is 0. The smallest absolute Gasteiger partial charge is 0.271 e. The number of fused-ring (bicyclic) bond motifs is 1. The molecule has 146 valence electrons. The summed E-state index contributed by atoms with van der Waals surface area (Å²) < 4.78 is 0. The van der Waals surface area contributed by atoms with E-state index in [1.54, 1.807) is 30.4 Å². The van der Waals surface area contributed by atoms with Crippen LogP contribution >= 0.6 is 0 Å². The van der Waals surface area contributed by atoms with E-state index in [-0.39, 0.29) is 5.69 Å². The second-order valence-electron chi connectivity index (χ2n) is 6.52. The number of hydrogen-bond acceptors (Lipinski definition) is 7. The van der Waals surface area contributed by atoms with Crippen LogP contribution in [0.2, 0.25) is 0 Å². The monoisotopic (exact) mass is 397 g/mol. The van der Waals surface area contributed by atoms with E-state index in [0.717, 1.165) is 5.70 Å². The van der Waals surface area contributed by atoms with E-state index in [0.29, 0.717) is 52.5 Å². The van der Waals surface area contributed by atoms with Crippen LogP contribution in [0.1, 0.15) is 12.8 Å². The molecule has 2 aliphatic rings. The Bertz CT molecular complexity index is 1310. The molecule has 8 heteroatoms. The van der Waals surface area contributed by atoms with Gasteiger partial charge in [0.1, 0.15) is 0 Å². The molecule has 0 radical (unpaired) electrons. The minimum Gasteiger partial charge on any atom is -0.512 e. The minimum atomic E-state index is -0.481. The summed E-state index contributed by atoms with van der Waals surface area (Å²) in [6.07, 6.45) is 13.3. The van der Waals surface area contributed by atoms with Crippen LogP contribution in [-0.4, -0.2) is 20.0 Å². The predicted octanol–water partition coefficient (Wildman–Crippen LogP) is 4.25. The van der Waals surface area contributed by atoms with Gasteiger partial charge in [0.05, 0.1) is 27.4 Å². The number of aliphatic hydroxyl groups excluding tert-OH is 1. The summed E-state index contributed by atoms with van der Waals surface area (Å²) in [6, 6.07) is 4.30. The molecule has 1 heterocycles. The number of allylic oxidation sites excluding steroid dienone is 7. The van der Waals surface area contributed by atoms with Gasteiger partial charge in [-0.2, -0.15) is 0 Å². The Balaban J connectivity index is 1.78. The first kappa shape index (κ1) is 18.8. The topological polar surface area (TPSA) is 113 Å². The summed E-state index contributed by atoms with van der Waals surface area (Å²) in [5, 5.41) is 27.0. The van der Waals surface area contributed by atoms with Gasteiger partial charge < -0.3 is 15.7 Å². The molecule has 1 aromatic heterocycles. The maximum absolute atomic E-state index is 11.1. The first-order chi connectivity index (χ1) is 14.5. The zero-order valence-corrected chi connectivity index (χ0v) is 15.6. The summed E-state index contributed by atoms with van der Waals surface area (Å²) in [5.41, 5.74) is 8.53. The van der Waals surface area contributed by atoms with Crippen LogP contribution in [0.15, 0.2) is 76.7 Å². The molecule has 1 aromatic carbocycles. The molecule has 3 N–H and O–H groups in total. The van der Waals surface area contributed by atoms with Gasteiger partial charge in [0.25, 0.3) is 5.69 Å². The number of nitrogens with one attached hydrogen (secondary N) is 2. The number of benzene rings is 1. The third kappa shape index (κ3) is 3.98. The molecule has 4 rings (SSSR count). The van der Waals surface area contributed by atoms with Gasteiger partial charge >= 0.3 is 0 Å². The highest BCUT2D eigenvalue weighted by Crippen LogP contribution is 2.28. The fourth-order valence-electron chi connectivity index (χ4n) is 2.92. The van der Waals surface area contributed by atoms with E-state index >= 15 is 0 Å². The molecule has 2 aromatic rings. The van der Waals surface area contributed by atoms with E-state index in [4.69, 9.17) is 6.42 Å². The Kier molecular flexibility index (Phi) is 4.90. The number of aromatic nitrogens is 2. The Morgan fingerprint density at radius 3 is 2.70 bits per heavy atom. The number of rotatable bonds is 5. The average molecular weight is 397 g/mol. The first-order valence-electron chi connectivity index (χ1n) is 9.01. The molecular weight excluding hydrogens is 382 g/mol. The molecule has 0 amide bonds. The lowest BCUT2D eigenvalue weighted by atomic mass is 10.1. The molecule has 8 nitrogen and oxygen atoms in total. The quantitative estimate of drug-likeness (QED) is 0.299. The Labute approximate surface area is 171 Å². The van der Waals surface area contributed by atoms with Crippen molar-refractivity contribution in [1.29, 1.82) is 0 Å². The standard InChI is InChI=1S/C22H15N5O3/c1-2-14-4-3-5-16(12-14)24-22-21(23-15-6-9-18(28)10-7-15)25-19-11-8-17(27(29)30)13-20(19)26-22/h1,4,6,8-9,11-13,28H,7,10H2,(H,23,25)(H,24,26). The summed E-state index contributed by atoms with van der Waals surface area (Å²) in [5.74, 6) is 3.62. The van der Waals surface area contributed by atoms with Crippen molar-refractivity contribution in [3.05, 3.63) is 86.8 Å². The van der Waals surface area contributed by atoms with Crippen molar-refractivity contribution in [3.8, 4) is 12.3 Å². The van der Waals surface area contributed by atoms with Crippen LogP contribution in [-0.2, 0) is 0 Å². The number of aliphatic hydroxyl groups is 1. The van der Waals surface area contributed by atoms with Crippen LogP contribution in [0, 0.1) is 22.5 Å². The van der Waals surface area contributed by atoms with Gasteiger partial charge in [0, 0.05) is 35.9 Å². The fourth-order valence-corrected chi connectivity index (χ4v) is 2.92. The van der Waals surface area contributed by atoms with E-state index < -0.39 is 4.92 Å². The Hall–Kier alpha value is -4.56. The summed E-state index contributed by atoms with van der Waals surface area (Å²) in [6.45, 7) is 0. The molecule has 0 saturated heterocycles.